The van der Waals surface area contributed by atoms with Crippen LogP contribution in [0, 0.1) is 26.6 Å². The van der Waals surface area contributed by atoms with E-state index in [0.717, 1.165) is 41.0 Å². The van der Waals surface area contributed by atoms with Crippen molar-refractivity contribution >= 4 is 17.6 Å². The minimum Gasteiger partial charge on any atom is -0.464 e. The van der Waals surface area contributed by atoms with E-state index in [0.29, 0.717) is 18.9 Å². The first-order valence-electron chi connectivity index (χ1n) is 12.6. The number of carbonyl (C=O) groups excluding carboxylic acids is 2. The highest BCUT2D eigenvalue weighted by Gasteiger charge is 2.27. The molecular formula is C29H34FN3O4. The van der Waals surface area contributed by atoms with Gasteiger partial charge in [-0.3, -0.25) is 4.79 Å². The molecule has 37 heavy (non-hydrogen) atoms. The summed E-state index contributed by atoms with van der Waals surface area (Å²) < 4.78 is 25.0. The molecule has 1 N–H and O–H groups in total. The molecule has 196 valence electrons. The lowest BCUT2D eigenvalue weighted by atomic mass is 10.1. The van der Waals surface area contributed by atoms with Crippen molar-refractivity contribution < 1.29 is 23.1 Å². The SMILES string of the molecule is Cc1ccc(CN(Cc2ccc(F)cc2)C(=O)CN(CC2CCCO2)C(=O)Nc2c(C)cccc2C)o1. The maximum absolute atomic E-state index is 13.6. The van der Waals surface area contributed by atoms with E-state index in [-0.39, 0.29) is 43.5 Å². The van der Waals surface area contributed by atoms with Crippen LogP contribution in [-0.4, -0.2) is 47.5 Å². The Hall–Kier alpha value is -3.65. The molecule has 1 unspecified atom stereocenters. The molecule has 3 amide bonds. The van der Waals surface area contributed by atoms with E-state index in [4.69, 9.17) is 9.15 Å². The van der Waals surface area contributed by atoms with Gasteiger partial charge in [0.1, 0.15) is 23.9 Å². The predicted molar refractivity (Wildman–Crippen MR) is 140 cm³/mol. The van der Waals surface area contributed by atoms with Gasteiger partial charge in [0.05, 0.1) is 12.6 Å². The fourth-order valence-electron chi connectivity index (χ4n) is 4.51. The summed E-state index contributed by atoms with van der Waals surface area (Å²) in [6, 6.07) is 15.2. The van der Waals surface area contributed by atoms with Crippen molar-refractivity contribution in [2.75, 3.05) is 25.0 Å². The van der Waals surface area contributed by atoms with Crippen LogP contribution in [0.1, 0.15) is 41.1 Å². The lowest BCUT2D eigenvalue weighted by Crippen LogP contribution is -2.47. The van der Waals surface area contributed by atoms with Crippen LogP contribution in [0.3, 0.4) is 0 Å². The van der Waals surface area contributed by atoms with Gasteiger partial charge in [-0.25, -0.2) is 9.18 Å². The zero-order chi connectivity index (χ0) is 26.4. The first-order valence-corrected chi connectivity index (χ1v) is 12.6. The Bertz CT molecular complexity index is 1200. The van der Waals surface area contributed by atoms with Crippen molar-refractivity contribution in [1.29, 1.82) is 0 Å². The van der Waals surface area contributed by atoms with Crippen LogP contribution in [0.2, 0.25) is 0 Å². The van der Waals surface area contributed by atoms with Crippen molar-refractivity contribution in [1.82, 2.24) is 9.80 Å². The van der Waals surface area contributed by atoms with Crippen LogP contribution < -0.4 is 5.32 Å². The van der Waals surface area contributed by atoms with Gasteiger partial charge >= 0.3 is 6.03 Å². The van der Waals surface area contributed by atoms with Gasteiger partial charge in [0.25, 0.3) is 0 Å². The van der Waals surface area contributed by atoms with Crippen LogP contribution in [0.25, 0.3) is 0 Å². The Labute approximate surface area is 217 Å². The van der Waals surface area contributed by atoms with E-state index >= 15 is 0 Å². The summed E-state index contributed by atoms with van der Waals surface area (Å²) in [6.45, 7) is 7.05. The number of benzene rings is 2. The third-order valence-corrected chi connectivity index (χ3v) is 6.56. The molecule has 1 atom stereocenters. The highest BCUT2D eigenvalue weighted by Crippen LogP contribution is 2.21. The van der Waals surface area contributed by atoms with Crippen LogP contribution >= 0.6 is 0 Å². The minimum absolute atomic E-state index is 0.116. The maximum Gasteiger partial charge on any atom is 0.322 e. The standard InChI is InChI=1S/C29H34FN3O4/c1-20-6-4-7-21(2)28(20)31-29(35)33(17-25-8-5-15-36-25)19-27(34)32(18-26-14-9-22(3)37-26)16-23-10-12-24(30)13-11-23/h4,6-7,9-14,25H,5,8,15-19H2,1-3H3,(H,31,35). The Morgan fingerprint density at radius 1 is 0.973 bits per heavy atom. The summed E-state index contributed by atoms with van der Waals surface area (Å²) in [7, 11) is 0. The Morgan fingerprint density at radius 2 is 1.70 bits per heavy atom. The van der Waals surface area contributed by atoms with Gasteiger partial charge < -0.3 is 24.3 Å². The Kier molecular flexibility index (Phi) is 8.61. The number of furan rings is 1. The highest BCUT2D eigenvalue weighted by atomic mass is 19.1. The van der Waals surface area contributed by atoms with Crippen molar-refractivity contribution in [2.24, 2.45) is 0 Å². The second-order valence-electron chi connectivity index (χ2n) is 9.60. The third-order valence-electron chi connectivity index (χ3n) is 6.56. The number of amides is 3. The van der Waals surface area contributed by atoms with Crippen LogP contribution in [0.15, 0.2) is 59.0 Å². The largest absolute Gasteiger partial charge is 0.464 e. The molecule has 0 saturated carbocycles. The second kappa shape index (κ2) is 12.1. The van der Waals surface area contributed by atoms with Gasteiger partial charge in [0, 0.05) is 25.4 Å². The smallest absolute Gasteiger partial charge is 0.322 e. The first-order chi connectivity index (χ1) is 17.8. The number of ether oxygens (including phenoxy) is 1. The molecule has 2 heterocycles. The molecule has 0 spiro atoms. The lowest BCUT2D eigenvalue weighted by Gasteiger charge is -2.29. The summed E-state index contributed by atoms with van der Waals surface area (Å²) in [5.41, 5.74) is 3.42. The van der Waals surface area contributed by atoms with Gasteiger partial charge in [0.15, 0.2) is 0 Å². The number of halogens is 1. The Morgan fingerprint density at radius 3 is 2.32 bits per heavy atom. The van der Waals surface area contributed by atoms with Crippen molar-refractivity contribution in [3.05, 3.63) is 88.6 Å². The van der Waals surface area contributed by atoms with Gasteiger partial charge in [-0.2, -0.15) is 0 Å². The van der Waals surface area contributed by atoms with Crippen LogP contribution in [-0.2, 0) is 22.6 Å². The van der Waals surface area contributed by atoms with Crippen LogP contribution in [0.4, 0.5) is 14.9 Å². The molecule has 1 saturated heterocycles. The third kappa shape index (κ3) is 7.20. The topological polar surface area (TPSA) is 75.0 Å². The zero-order valence-electron chi connectivity index (χ0n) is 21.6. The van der Waals surface area contributed by atoms with E-state index in [2.05, 4.69) is 5.32 Å². The van der Waals surface area contributed by atoms with E-state index in [9.17, 15) is 14.0 Å². The number of anilines is 1. The summed E-state index contributed by atoms with van der Waals surface area (Å²) >= 11 is 0. The molecule has 1 aliphatic heterocycles. The molecule has 0 bridgehead atoms. The van der Waals surface area contributed by atoms with Crippen molar-refractivity contribution in [3.63, 3.8) is 0 Å². The van der Waals surface area contributed by atoms with E-state index in [1.807, 2.05) is 51.1 Å². The molecule has 0 aliphatic carbocycles. The summed E-state index contributed by atoms with van der Waals surface area (Å²) in [6.07, 6.45) is 1.65. The normalized spacial score (nSPS) is 15.0. The van der Waals surface area contributed by atoms with Gasteiger partial charge in [-0.1, -0.05) is 30.3 Å². The number of urea groups is 1. The Balaban J connectivity index is 1.54. The summed E-state index contributed by atoms with van der Waals surface area (Å²) in [4.78, 5) is 30.2. The van der Waals surface area contributed by atoms with Crippen molar-refractivity contribution in [2.45, 2.75) is 52.8 Å². The lowest BCUT2D eigenvalue weighted by molar-refractivity contribution is -0.133. The average Bonchev–Trinajstić information content (AvgIpc) is 3.53. The number of carbonyl (C=O) groups is 2. The fourth-order valence-corrected chi connectivity index (χ4v) is 4.51. The second-order valence-corrected chi connectivity index (χ2v) is 9.60. The molecule has 0 radical (unpaired) electrons. The maximum atomic E-state index is 13.6. The zero-order valence-corrected chi connectivity index (χ0v) is 21.6. The quantitative estimate of drug-likeness (QED) is 0.410. The molecule has 7 nitrogen and oxygen atoms in total. The molecule has 3 aromatic rings. The first kappa shape index (κ1) is 26.4. The number of rotatable bonds is 9. The average molecular weight is 508 g/mol. The van der Waals surface area contributed by atoms with Gasteiger partial charge in [-0.15, -0.1) is 0 Å². The molecule has 1 fully saturated rings. The summed E-state index contributed by atoms with van der Waals surface area (Å²) in [5.74, 6) is 0.804. The van der Waals surface area contributed by atoms with Gasteiger partial charge in [0.2, 0.25) is 5.91 Å². The van der Waals surface area contributed by atoms with E-state index in [1.54, 1.807) is 17.0 Å². The molecule has 4 rings (SSSR count). The van der Waals surface area contributed by atoms with E-state index in [1.165, 1.54) is 17.0 Å². The number of hydrogen-bond donors (Lipinski definition) is 1. The van der Waals surface area contributed by atoms with Gasteiger partial charge in [-0.05, 0) is 74.6 Å². The number of hydrogen-bond acceptors (Lipinski definition) is 4. The number of nitrogens with zero attached hydrogens (tertiary/aromatic N) is 2. The van der Waals surface area contributed by atoms with Crippen LogP contribution in [0.5, 0.6) is 0 Å². The summed E-state index contributed by atoms with van der Waals surface area (Å²) in [5, 5.41) is 3.01. The highest BCUT2D eigenvalue weighted by molar-refractivity contribution is 5.93. The monoisotopic (exact) mass is 507 g/mol. The van der Waals surface area contributed by atoms with E-state index < -0.39 is 0 Å². The number of aryl methyl sites for hydroxylation is 3. The molecule has 2 aromatic carbocycles. The molecule has 1 aliphatic rings. The van der Waals surface area contributed by atoms with Crippen molar-refractivity contribution in [3.8, 4) is 0 Å². The predicted octanol–water partition coefficient (Wildman–Crippen LogP) is 5.59. The minimum atomic E-state index is -0.350. The molecule has 1 aromatic heterocycles. The molecular weight excluding hydrogens is 473 g/mol. The fraction of sp³-hybridized carbons (Fsp3) is 0.379. The molecule has 8 heteroatoms. The number of nitrogens with one attached hydrogen (secondary N) is 1. The number of para-hydroxylation sites is 1.